The maximum atomic E-state index is 16.9. The lowest BCUT2D eigenvalue weighted by atomic mass is 9.78. The van der Waals surface area contributed by atoms with Gasteiger partial charge in [0.15, 0.2) is 17.1 Å². The number of nitrogens with one attached hydrogen (secondary N) is 2. The zero-order valence-corrected chi connectivity index (χ0v) is 20.6. The molecule has 6 rings (SSSR count). The van der Waals surface area contributed by atoms with Gasteiger partial charge in [-0.25, -0.2) is 9.38 Å². The first-order valence-electron chi connectivity index (χ1n) is 11.9. The van der Waals surface area contributed by atoms with Crippen molar-refractivity contribution in [2.45, 2.75) is 38.8 Å². The molecule has 1 fully saturated rings. The molecule has 0 spiro atoms. The lowest BCUT2D eigenvalue weighted by Gasteiger charge is -2.28. The summed E-state index contributed by atoms with van der Waals surface area (Å²) in [5, 5.41) is 4.97. The molecule has 180 valence electrons. The number of Topliss-reactive ketones (excluding diaryl/α,β-unsaturated/α-hetero) is 1. The standard InChI is InChI=1S/C29H26FN5O/c1-17-13-18(10-12-31-17)29-11-9-22(34-29)15-21-6-5-19(32-21)14-20-7-8-23(33-20)16-28(4)26(36)27(2,3)25(35-28)24(29)30/h5-16,32,35H,1-4H3. The lowest BCUT2D eigenvalue weighted by Crippen LogP contribution is -2.41. The first kappa shape index (κ1) is 22.3. The van der Waals surface area contributed by atoms with Gasteiger partial charge in [0.25, 0.3) is 0 Å². The Morgan fingerprint density at radius 3 is 2.47 bits per heavy atom. The van der Waals surface area contributed by atoms with Crippen molar-refractivity contribution in [3.05, 3.63) is 100 Å². The molecule has 2 aromatic heterocycles. The highest BCUT2D eigenvalue weighted by Gasteiger charge is 2.55. The molecule has 2 aromatic rings. The normalized spacial score (nSPS) is 27.8. The van der Waals surface area contributed by atoms with Crippen LogP contribution in [-0.2, 0) is 10.3 Å². The summed E-state index contributed by atoms with van der Waals surface area (Å²) < 4.78 is 16.9. The van der Waals surface area contributed by atoms with Crippen LogP contribution in [0.2, 0.25) is 0 Å². The highest BCUT2D eigenvalue weighted by molar-refractivity contribution is 6.20. The Kier molecular flexibility index (Phi) is 4.61. The average molecular weight is 480 g/mol. The molecular weight excluding hydrogens is 453 g/mol. The van der Waals surface area contributed by atoms with E-state index in [1.807, 2.05) is 55.5 Å². The van der Waals surface area contributed by atoms with E-state index in [9.17, 15) is 4.79 Å². The van der Waals surface area contributed by atoms with E-state index in [0.29, 0.717) is 17.0 Å². The number of fused-ring (bicyclic) bond motifs is 6. The van der Waals surface area contributed by atoms with Gasteiger partial charge >= 0.3 is 0 Å². The monoisotopic (exact) mass is 479 g/mol. The molecule has 4 aliphatic rings. The van der Waals surface area contributed by atoms with Crippen molar-refractivity contribution in [1.29, 1.82) is 0 Å². The summed E-state index contributed by atoms with van der Waals surface area (Å²) in [6.07, 6.45) is 14.6. The molecule has 2 unspecified atom stereocenters. The number of hydrogen-bond acceptors (Lipinski definition) is 5. The number of pyridine rings is 1. The molecule has 0 amide bonds. The van der Waals surface area contributed by atoms with Crippen LogP contribution in [-0.4, -0.2) is 32.7 Å². The maximum absolute atomic E-state index is 16.9. The molecule has 0 saturated carbocycles. The molecule has 1 saturated heterocycles. The molecule has 4 aliphatic heterocycles. The Balaban J connectivity index is 1.67. The number of H-pyrrole nitrogens is 1. The van der Waals surface area contributed by atoms with Crippen LogP contribution in [0.15, 0.2) is 88.0 Å². The summed E-state index contributed by atoms with van der Waals surface area (Å²) in [6, 6.07) is 7.52. The van der Waals surface area contributed by atoms with Gasteiger partial charge in [0.05, 0.1) is 28.2 Å². The fourth-order valence-electron chi connectivity index (χ4n) is 5.38. The minimum atomic E-state index is -1.42. The third-order valence-corrected chi connectivity index (χ3v) is 7.20. The number of carbonyl (C=O) groups is 1. The predicted molar refractivity (Wildman–Crippen MR) is 139 cm³/mol. The number of ketones is 1. The number of aromatic amines is 1. The van der Waals surface area contributed by atoms with Crippen molar-refractivity contribution in [3.8, 4) is 0 Å². The number of rotatable bonds is 1. The van der Waals surface area contributed by atoms with Crippen LogP contribution in [0.1, 0.15) is 32.0 Å². The summed E-state index contributed by atoms with van der Waals surface area (Å²) >= 11 is 0. The van der Waals surface area contributed by atoms with Crippen LogP contribution in [0.3, 0.4) is 0 Å². The van der Waals surface area contributed by atoms with Gasteiger partial charge in [-0.3, -0.25) is 14.8 Å². The van der Waals surface area contributed by atoms with E-state index >= 15 is 4.39 Å². The van der Waals surface area contributed by atoms with Crippen LogP contribution in [0.4, 0.5) is 4.39 Å². The van der Waals surface area contributed by atoms with Crippen molar-refractivity contribution in [1.82, 2.24) is 15.3 Å². The molecule has 0 aromatic carbocycles. The zero-order chi connectivity index (χ0) is 25.3. The highest BCUT2D eigenvalue weighted by Crippen LogP contribution is 2.48. The van der Waals surface area contributed by atoms with Crippen LogP contribution in [0, 0.1) is 12.3 Å². The van der Waals surface area contributed by atoms with Crippen molar-refractivity contribution in [2.75, 3.05) is 0 Å². The number of hydrogen-bond donors (Lipinski definition) is 2. The minimum Gasteiger partial charge on any atom is -0.370 e. The molecule has 6 heterocycles. The van der Waals surface area contributed by atoms with Crippen LogP contribution < -0.4 is 16.0 Å². The molecule has 0 radical (unpaired) electrons. The Bertz CT molecular complexity index is 1650. The van der Waals surface area contributed by atoms with Crippen molar-refractivity contribution < 1.29 is 9.18 Å². The number of nitrogens with zero attached hydrogens (tertiary/aromatic N) is 3. The molecule has 2 atom stereocenters. The van der Waals surface area contributed by atoms with Crippen LogP contribution >= 0.6 is 0 Å². The first-order valence-corrected chi connectivity index (χ1v) is 11.9. The second kappa shape index (κ2) is 7.43. The minimum absolute atomic E-state index is 0.134. The molecule has 2 N–H and O–H groups in total. The molecule has 6 nitrogen and oxygen atoms in total. The smallest absolute Gasteiger partial charge is 0.173 e. The van der Waals surface area contributed by atoms with E-state index in [1.54, 1.807) is 45.2 Å². The summed E-state index contributed by atoms with van der Waals surface area (Å²) in [6.45, 7) is 7.14. The van der Waals surface area contributed by atoms with E-state index < -0.39 is 22.3 Å². The third kappa shape index (κ3) is 3.30. The zero-order valence-electron chi connectivity index (χ0n) is 20.6. The molecular formula is C29H26FN5O. The van der Waals surface area contributed by atoms with Gasteiger partial charge in [0.2, 0.25) is 0 Å². The van der Waals surface area contributed by atoms with E-state index in [1.165, 1.54) is 0 Å². The van der Waals surface area contributed by atoms with Gasteiger partial charge in [0.1, 0.15) is 5.54 Å². The molecule has 0 aliphatic carbocycles. The lowest BCUT2D eigenvalue weighted by molar-refractivity contribution is -0.126. The number of aromatic nitrogens is 2. The highest BCUT2D eigenvalue weighted by atomic mass is 19.1. The van der Waals surface area contributed by atoms with Gasteiger partial charge in [-0.2, -0.15) is 0 Å². The summed E-state index contributed by atoms with van der Waals surface area (Å²) in [5.41, 5.74) is -0.0146. The van der Waals surface area contributed by atoms with E-state index in [2.05, 4.69) is 20.3 Å². The van der Waals surface area contributed by atoms with Gasteiger partial charge in [-0.05, 0) is 100 Å². The van der Waals surface area contributed by atoms with E-state index in [-0.39, 0.29) is 11.5 Å². The summed E-state index contributed by atoms with van der Waals surface area (Å²) in [7, 11) is 0. The van der Waals surface area contributed by atoms with E-state index in [0.717, 1.165) is 22.1 Å². The number of aliphatic imine (C=N–C) groups is 2. The van der Waals surface area contributed by atoms with Crippen molar-refractivity contribution in [2.24, 2.45) is 15.4 Å². The Morgan fingerprint density at radius 2 is 1.72 bits per heavy atom. The number of carbonyl (C=O) groups excluding carboxylic acids is 1. The fourth-order valence-corrected chi connectivity index (χ4v) is 5.38. The van der Waals surface area contributed by atoms with Gasteiger partial charge in [0, 0.05) is 22.6 Å². The third-order valence-electron chi connectivity index (χ3n) is 7.20. The molecule has 7 heteroatoms. The number of aryl methyl sites for hydroxylation is 1. The predicted octanol–water partition coefficient (Wildman–Crippen LogP) is 3.23. The van der Waals surface area contributed by atoms with Gasteiger partial charge in [-0.1, -0.05) is 0 Å². The maximum Gasteiger partial charge on any atom is 0.173 e. The quantitative estimate of drug-likeness (QED) is 0.659. The van der Waals surface area contributed by atoms with Gasteiger partial charge < -0.3 is 10.3 Å². The number of halogens is 1. The number of allylic oxidation sites excluding steroid dienone is 4. The summed E-state index contributed by atoms with van der Waals surface area (Å²) in [5.74, 6) is -0.641. The van der Waals surface area contributed by atoms with Crippen molar-refractivity contribution in [3.63, 3.8) is 0 Å². The van der Waals surface area contributed by atoms with Crippen LogP contribution in [0.25, 0.3) is 12.2 Å². The average Bonchev–Trinajstić information content (AvgIpc) is 3.60. The van der Waals surface area contributed by atoms with Crippen LogP contribution in [0.5, 0.6) is 0 Å². The topological polar surface area (TPSA) is 82.5 Å². The van der Waals surface area contributed by atoms with Gasteiger partial charge in [-0.15, -0.1) is 0 Å². The Labute approximate surface area is 208 Å². The second-order valence-corrected chi connectivity index (χ2v) is 10.4. The van der Waals surface area contributed by atoms with E-state index in [4.69, 9.17) is 4.99 Å². The SMILES string of the molecule is Cc1cc(C23C=CC(=N2)C=c2ccc([nH]2)=CC2=NC(=CC4(C)NC(=C3F)C(C)(C)C4=O)C=C2)ccn1. The summed E-state index contributed by atoms with van der Waals surface area (Å²) in [4.78, 5) is 30.9. The molecule has 36 heavy (non-hydrogen) atoms. The van der Waals surface area contributed by atoms with Crippen molar-refractivity contribution >= 4 is 29.4 Å². The fraction of sp³-hybridized carbons (Fsp3) is 0.241. The Hall–Kier alpha value is -4.13. The first-order chi connectivity index (χ1) is 17.1. The molecule has 8 bridgehead atoms. The second-order valence-electron chi connectivity index (χ2n) is 10.4. The Morgan fingerprint density at radius 1 is 0.972 bits per heavy atom. The largest absolute Gasteiger partial charge is 0.370 e.